The van der Waals surface area contributed by atoms with Crippen LogP contribution in [-0.2, 0) is 19.4 Å². The molecule has 1 aromatic rings. The second kappa shape index (κ2) is 8.08. The van der Waals surface area contributed by atoms with Crippen LogP contribution >= 0.6 is 11.8 Å². The van der Waals surface area contributed by atoms with E-state index in [1.54, 1.807) is 0 Å². The number of aromatic nitrogens is 2. The zero-order chi connectivity index (χ0) is 14.4. The van der Waals surface area contributed by atoms with Gasteiger partial charge < -0.3 is 5.32 Å². The summed E-state index contributed by atoms with van der Waals surface area (Å²) in [7, 11) is 2.11. The van der Waals surface area contributed by atoms with Crippen molar-refractivity contribution in [2.45, 2.75) is 58.5 Å². The predicted molar refractivity (Wildman–Crippen MR) is 88.5 cm³/mol. The number of nitrogens with one attached hydrogen (secondary N) is 1. The van der Waals surface area contributed by atoms with Gasteiger partial charge in [0, 0.05) is 24.7 Å². The van der Waals surface area contributed by atoms with E-state index < -0.39 is 0 Å². The van der Waals surface area contributed by atoms with Gasteiger partial charge in [0.1, 0.15) is 0 Å². The highest BCUT2D eigenvalue weighted by molar-refractivity contribution is 7.99. The van der Waals surface area contributed by atoms with E-state index in [1.807, 2.05) is 0 Å². The Bertz CT molecular complexity index is 396. The summed E-state index contributed by atoms with van der Waals surface area (Å²) in [5.41, 5.74) is 2.62. The molecule has 1 N–H and O–H groups in total. The monoisotopic (exact) mass is 295 g/mol. The van der Waals surface area contributed by atoms with E-state index in [0.717, 1.165) is 25.3 Å². The lowest BCUT2D eigenvalue weighted by atomic mass is 9.92. The van der Waals surface area contributed by atoms with Gasteiger partial charge in [-0.05, 0) is 63.1 Å². The van der Waals surface area contributed by atoms with Gasteiger partial charge in [-0.1, -0.05) is 6.92 Å². The maximum absolute atomic E-state index is 4.67. The van der Waals surface area contributed by atoms with E-state index in [9.17, 15) is 0 Å². The summed E-state index contributed by atoms with van der Waals surface area (Å²) in [6.45, 7) is 5.34. The fourth-order valence-electron chi connectivity index (χ4n) is 3.07. The Hall–Kier alpha value is -0.480. The molecular weight excluding hydrogens is 266 g/mol. The summed E-state index contributed by atoms with van der Waals surface area (Å²) in [6, 6.07) is 2.89. The van der Waals surface area contributed by atoms with Gasteiger partial charge in [0.2, 0.25) is 0 Å². The van der Waals surface area contributed by atoms with Crippen molar-refractivity contribution in [3.63, 3.8) is 0 Å². The minimum atomic E-state index is 0.592. The summed E-state index contributed by atoms with van der Waals surface area (Å²) < 4.78 is 2.18. The SMILES string of the molecule is CCc1cc(CC(CC2CCSCC2)NC)n(CC)n1. The first-order valence-electron chi connectivity index (χ1n) is 8.07. The Balaban J connectivity index is 1.96. The Kier molecular flexibility index (Phi) is 6.43. The first-order valence-corrected chi connectivity index (χ1v) is 9.22. The summed E-state index contributed by atoms with van der Waals surface area (Å²) in [4.78, 5) is 0. The quantitative estimate of drug-likeness (QED) is 0.838. The van der Waals surface area contributed by atoms with Gasteiger partial charge in [0.25, 0.3) is 0 Å². The van der Waals surface area contributed by atoms with Crippen LogP contribution in [0, 0.1) is 5.92 Å². The molecule has 1 aliphatic rings. The maximum Gasteiger partial charge on any atom is 0.0624 e. The van der Waals surface area contributed by atoms with Crippen molar-refractivity contribution in [3.8, 4) is 0 Å². The Morgan fingerprint density at radius 3 is 2.75 bits per heavy atom. The van der Waals surface area contributed by atoms with Crippen molar-refractivity contribution in [2.24, 2.45) is 5.92 Å². The lowest BCUT2D eigenvalue weighted by Gasteiger charge is -2.26. The number of likely N-dealkylation sites (N-methyl/N-ethyl adjacent to an activating group) is 1. The predicted octanol–water partition coefficient (Wildman–Crippen LogP) is 3.13. The van der Waals surface area contributed by atoms with Crippen LogP contribution < -0.4 is 5.32 Å². The Morgan fingerprint density at radius 1 is 1.40 bits per heavy atom. The van der Waals surface area contributed by atoms with Gasteiger partial charge in [-0.15, -0.1) is 0 Å². The molecule has 0 aliphatic carbocycles. The normalized spacial score (nSPS) is 18.4. The lowest BCUT2D eigenvalue weighted by Crippen LogP contribution is -2.32. The third kappa shape index (κ3) is 4.26. The van der Waals surface area contributed by atoms with E-state index in [-0.39, 0.29) is 0 Å². The third-order valence-corrected chi connectivity index (χ3v) is 5.45. The van der Waals surface area contributed by atoms with Gasteiger partial charge in [-0.25, -0.2) is 0 Å². The van der Waals surface area contributed by atoms with Crippen LogP contribution in [0.4, 0.5) is 0 Å². The zero-order valence-electron chi connectivity index (χ0n) is 13.2. The summed E-state index contributed by atoms with van der Waals surface area (Å²) >= 11 is 2.12. The highest BCUT2D eigenvalue weighted by Gasteiger charge is 2.20. The average molecular weight is 295 g/mol. The van der Waals surface area contributed by atoms with E-state index in [1.165, 1.54) is 42.2 Å². The molecule has 0 aromatic carbocycles. The van der Waals surface area contributed by atoms with Crippen molar-refractivity contribution in [3.05, 3.63) is 17.5 Å². The van der Waals surface area contributed by atoms with Gasteiger partial charge in [-0.3, -0.25) is 4.68 Å². The molecule has 1 atom stereocenters. The van der Waals surface area contributed by atoms with Crippen LogP contribution in [0.2, 0.25) is 0 Å². The molecule has 0 amide bonds. The first kappa shape index (κ1) is 15.9. The maximum atomic E-state index is 4.67. The summed E-state index contributed by atoms with van der Waals surface area (Å²) in [6.07, 6.45) is 6.25. The van der Waals surface area contributed by atoms with Crippen molar-refractivity contribution < 1.29 is 0 Å². The molecule has 0 bridgehead atoms. The van der Waals surface area contributed by atoms with Crippen LogP contribution in [0.25, 0.3) is 0 Å². The largest absolute Gasteiger partial charge is 0.317 e. The smallest absolute Gasteiger partial charge is 0.0624 e. The van der Waals surface area contributed by atoms with Gasteiger partial charge in [0.15, 0.2) is 0 Å². The minimum absolute atomic E-state index is 0.592. The Morgan fingerprint density at radius 2 is 2.15 bits per heavy atom. The van der Waals surface area contributed by atoms with Crippen LogP contribution in [-0.4, -0.2) is 34.4 Å². The average Bonchev–Trinajstić information content (AvgIpc) is 2.89. The fraction of sp³-hybridized carbons (Fsp3) is 0.812. The van der Waals surface area contributed by atoms with E-state index >= 15 is 0 Å². The molecule has 1 saturated heterocycles. The molecule has 114 valence electrons. The van der Waals surface area contributed by atoms with Crippen molar-refractivity contribution >= 4 is 11.8 Å². The van der Waals surface area contributed by atoms with Crippen molar-refractivity contribution in [1.29, 1.82) is 0 Å². The van der Waals surface area contributed by atoms with Gasteiger partial charge >= 0.3 is 0 Å². The molecule has 0 saturated carbocycles. The number of thioether (sulfide) groups is 1. The van der Waals surface area contributed by atoms with Crippen LogP contribution in [0.15, 0.2) is 6.07 Å². The number of hydrogen-bond donors (Lipinski definition) is 1. The molecule has 2 heterocycles. The molecule has 2 rings (SSSR count). The van der Waals surface area contributed by atoms with E-state index in [4.69, 9.17) is 0 Å². The fourth-order valence-corrected chi connectivity index (χ4v) is 4.27. The topological polar surface area (TPSA) is 29.9 Å². The summed E-state index contributed by atoms with van der Waals surface area (Å²) in [5, 5.41) is 8.20. The van der Waals surface area contributed by atoms with Crippen molar-refractivity contribution in [1.82, 2.24) is 15.1 Å². The van der Waals surface area contributed by atoms with Gasteiger partial charge in [0.05, 0.1) is 5.69 Å². The first-order chi connectivity index (χ1) is 9.76. The summed E-state index contributed by atoms with van der Waals surface area (Å²) in [5.74, 6) is 3.62. The molecule has 20 heavy (non-hydrogen) atoms. The molecule has 1 aromatic heterocycles. The molecule has 1 unspecified atom stereocenters. The van der Waals surface area contributed by atoms with Crippen LogP contribution in [0.5, 0.6) is 0 Å². The highest BCUT2D eigenvalue weighted by atomic mass is 32.2. The Labute approximate surface area is 127 Å². The molecule has 4 heteroatoms. The standard InChI is InChI=1S/C16H29N3S/c1-4-14-11-16(19(5-2)18-14)12-15(17-3)10-13-6-8-20-9-7-13/h11,13,15,17H,4-10,12H2,1-3H3. The molecule has 0 radical (unpaired) electrons. The zero-order valence-corrected chi connectivity index (χ0v) is 14.0. The second-order valence-corrected chi connectivity index (χ2v) is 7.00. The second-order valence-electron chi connectivity index (χ2n) is 5.78. The molecule has 1 aliphatic heterocycles. The van der Waals surface area contributed by atoms with E-state index in [2.05, 4.69) is 53.8 Å². The number of aryl methyl sites for hydroxylation is 2. The molecule has 1 fully saturated rings. The lowest BCUT2D eigenvalue weighted by molar-refractivity contribution is 0.371. The minimum Gasteiger partial charge on any atom is -0.317 e. The number of rotatable bonds is 7. The van der Waals surface area contributed by atoms with Crippen molar-refractivity contribution in [2.75, 3.05) is 18.6 Å². The highest BCUT2D eigenvalue weighted by Crippen LogP contribution is 2.27. The molecular formula is C16H29N3S. The third-order valence-electron chi connectivity index (χ3n) is 4.40. The van der Waals surface area contributed by atoms with Crippen LogP contribution in [0.1, 0.15) is 44.5 Å². The number of nitrogens with zero attached hydrogens (tertiary/aromatic N) is 2. The van der Waals surface area contributed by atoms with E-state index in [0.29, 0.717) is 6.04 Å². The van der Waals surface area contributed by atoms with Gasteiger partial charge in [-0.2, -0.15) is 16.9 Å². The molecule has 3 nitrogen and oxygen atoms in total. The molecule has 0 spiro atoms. The number of hydrogen-bond acceptors (Lipinski definition) is 3. The van der Waals surface area contributed by atoms with Crippen LogP contribution in [0.3, 0.4) is 0 Å².